The molecule has 0 aromatic carbocycles. The van der Waals surface area contributed by atoms with Crippen molar-refractivity contribution < 1.29 is 14.3 Å². The molecule has 4 rings (SSSR count). The van der Waals surface area contributed by atoms with E-state index >= 15 is 0 Å². The predicted octanol–water partition coefficient (Wildman–Crippen LogP) is 4.51. The fraction of sp³-hybridized carbons (Fsp3) is 0.857. The highest BCUT2D eigenvalue weighted by atomic mass is 16.5. The summed E-state index contributed by atoms with van der Waals surface area (Å²) < 4.78 is 11.9. The van der Waals surface area contributed by atoms with Gasteiger partial charge in [-0.05, 0) is 62.7 Å². The SMILES string of the molecule is C=C[C@]1(C)C[C@]23CC[C@@H]4[C@](C)(CCC[C@]4(C)C(=O)OC)[C@H]2C[C@H]1O3. The molecule has 4 aliphatic rings. The van der Waals surface area contributed by atoms with Crippen LogP contribution in [0.15, 0.2) is 12.7 Å². The first-order chi connectivity index (χ1) is 11.2. The van der Waals surface area contributed by atoms with Crippen LogP contribution in [0.2, 0.25) is 0 Å². The van der Waals surface area contributed by atoms with Gasteiger partial charge in [-0.3, -0.25) is 4.79 Å². The van der Waals surface area contributed by atoms with E-state index in [1.54, 1.807) is 7.11 Å². The lowest BCUT2D eigenvalue weighted by Gasteiger charge is -2.61. The smallest absolute Gasteiger partial charge is 0.311 e. The molecule has 1 spiro atoms. The Morgan fingerprint density at radius 1 is 1.21 bits per heavy atom. The van der Waals surface area contributed by atoms with Crippen LogP contribution < -0.4 is 0 Å². The van der Waals surface area contributed by atoms with Gasteiger partial charge in [-0.2, -0.15) is 0 Å². The highest BCUT2D eigenvalue weighted by molar-refractivity contribution is 5.77. The molecule has 0 amide bonds. The Kier molecular flexibility index (Phi) is 3.37. The minimum atomic E-state index is -0.326. The van der Waals surface area contributed by atoms with E-state index in [4.69, 9.17) is 9.47 Å². The Morgan fingerprint density at radius 2 is 1.96 bits per heavy atom. The van der Waals surface area contributed by atoms with E-state index in [-0.39, 0.29) is 27.8 Å². The van der Waals surface area contributed by atoms with Crippen molar-refractivity contribution in [2.24, 2.45) is 28.1 Å². The Labute approximate surface area is 146 Å². The van der Waals surface area contributed by atoms with E-state index < -0.39 is 0 Å². The summed E-state index contributed by atoms with van der Waals surface area (Å²) in [7, 11) is 1.54. The molecule has 0 unspecified atom stereocenters. The highest BCUT2D eigenvalue weighted by Gasteiger charge is 2.71. The lowest BCUT2D eigenvalue weighted by molar-refractivity contribution is -0.184. The van der Waals surface area contributed by atoms with Crippen molar-refractivity contribution in [1.29, 1.82) is 0 Å². The molecule has 3 nitrogen and oxygen atoms in total. The molecular formula is C21H32O3. The summed E-state index contributed by atoms with van der Waals surface area (Å²) in [5.74, 6) is 0.986. The van der Waals surface area contributed by atoms with Crippen molar-refractivity contribution in [2.45, 2.75) is 77.4 Å². The summed E-state index contributed by atoms with van der Waals surface area (Å²) in [5.41, 5.74) is 0.0108. The van der Waals surface area contributed by atoms with Gasteiger partial charge in [0.2, 0.25) is 0 Å². The molecule has 0 aromatic heterocycles. The number of carbonyl (C=O) groups excluding carboxylic acids is 1. The van der Waals surface area contributed by atoms with Gasteiger partial charge in [0.25, 0.3) is 0 Å². The summed E-state index contributed by atoms with van der Waals surface area (Å²) in [6.45, 7) is 11.0. The van der Waals surface area contributed by atoms with E-state index in [1.165, 1.54) is 6.42 Å². The lowest BCUT2D eigenvalue weighted by Crippen LogP contribution is -2.60. The molecule has 2 saturated heterocycles. The van der Waals surface area contributed by atoms with Crippen LogP contribution in [0.3, 0.4) is 0 Å². The van der Waals surface area contributed by atoms with Crippen molar-refractivity contribution in [3.8, 4) is 0 Å². The van der Waals surface area contributed by atoms with Gasteiger partial charge >= 0.3 is 5.97 Å². The molecule has 4 fully saturated rings. The topological polar surface area (TPSA) is 35.5 Å². The summed E-state index contributed by atoms with van der Waals surface area (Å²) in [5, 5.41) is 0. The molecule has 2 aliphatic heterocycles. The van der Waals surface area contributed by atoms with E-state index in [2.05, 4.69) is 33.4 Å². The average molecular weight is 332 g/mol. The molecule has 134 valence electrons. The number of carbonyl (C=O) groups is 1. The first-order valence-electron chi connectivity index (χ1n) is 9.64. The molecule has 3 heteroatoms. The standard InChI is InChI=1S/C21H32O3/c1-6-18(2)13-21-11-8-14-19(3,15(21)12-16(18)24-21)9-7-10-20(14,4)17(22)23-5/h6,14-16H,1,7-13H2,2-5H3/t14-,15-,16-,18-,19+,20+,21-/m1/s1. The third kappa shape index (κ3) is 1.80. The number of esters is 1. The van der Waals surface area contributed by atoms with Gasteiger partial charge in [-0.25, -0.2) is 0 Å². The minimum Gasteiger partial charge on any atom is -0.469 e. The second-order valence-electron chi connectivity index (χ2n) is 9.71. The van der Waals surface area contributed by atoms with Gasteiger partial charge in [0.1, 0.15) is 0 Å². The molecule has 0 radical (unpaired) electrons. The van der Waals surface area contributed by atoms with Crippen molar-refractivity contribution >= 4 is 5.97 Å². The Morgan fingerprint density at radius 3 is 2.62 bits per heavy atom. The van der Waals surface area contributed by atoms with E-state index in [1.807, 2.05) is 0 Å². The zero-order chi connectivity index (χ0) is 17.4. The maximum atomic E-state index is 12.6. The molecule has 2 heterocycles. The molecule has 2 saturated carbocycles. The largest absolute Gasteiger partial charge is 0.469 e. The molecule has 0 aromatic rings. The normalized spacial score (nSPS) is 55.6. The fourth-order valence-corrected chi connectivity index (χ4v) is 7.41. The van der Waals surface area contributed by atoms with Crippen LogP contribution in [0.1, 0.15) is 65.7 Å². The Balaban J connectivity index is 1.71. The first-order valence-corrected chi connectivity index (χ1v) is 9.64. The quantitative estimate of drug-likeness (QED) is 0.551. The summed E-state index contributed by atoms with van der Waals surface area (Å²) in [6.07, 6.45) is 10.1. The molecular weight excluding hydrogens is 300 g/mol. The predicted molar refractivity (Wildman–Crippen MR) is 93.4 cm³/mol. The van der Waals surface area contributed by atoms with Crippen molar-refractivity contribution in [3.63, 3.8) is 0 Å². The zero-order valence-corrected chi connectivity index (χ0v) is 15.7. The van der Waals surface area contributed by atoms with E-state index in [0.717, 1.165) is 38.5 Å². The highest BCUT2D eigenvalue weighted by Crippen LogP contribution is 2.71. The number of hydrogen-bond acceptors (Lipinski definition) is 3. The Hall–Kier alpha value is -0.830. The van der Waals surface area contributed by atoms with Crippen LogP contribution in [0.5, 0.6) is 0 Å². The van der Waals surface area contributed by atoms with Crippen LogP contribution in [0.4, 0.5) is 0 Å². The molecule has 7 atom stereocenters. The van der Waals surface area contributed by atoms with Gasteiger partial charge in [-0.15, -0.1) is 6.58 Å². The third-order valence-corrected chi connectivity index (χ3v) is 8.62. The van der Waals surface area contributed by atoms with Crippen molar-refractivity contribution in [1.82, 2.24) is 0 Å². The minimum absolute atomic E-state index is 0.00520. The van der Waals surface area contributed by atoms with Crippen LogP contribution in [-0.2, 0) is 14.3 Å². The van der Waals surface area contributed by atoms with Crippen molar-refractivity contribution in [3.05, 3.63) is 12.7 Å². The van der Waals surface area contributed by atoms with Crippen LogP contribution in [-0.4, -0.2) is 24.8 Å². The maximum absolute atomic E-state index is 12.6. The first kappa shape index (κ1) is 16.6. The number of ether oxygens (including phenoxy) is 2. The molecule has 0 N–H and O–H groups in total. The summed E-state index contributed by atoms with van der Waals surface area (Å²) >= 11 is 0. The third-order valence-electron chi connectivity index (χ3n) is 8.62. The number of fused-ring (bicyclic) bond motifs is 3. The summed E-state index contributed by atoms with van der Waals surface area (Å²) in [4.78, 5) is 12.6. The van der Waals surface area contributed by atoms with Gasteiger partial charge in [0.05, 0.1) is 24.2 Å². The van der Waals surface area contributed by atoms with Crippen molar-refractivity contribution in [2.75, 3.05) is 7.11 Å². The van der Waals surface area contributed by atoms with Crippen LogP contribution >= 0.6 is 0 Å². The number of methoxy groups -OCH3 is 1. The second kappa shape index (κ2) is 4.87. The van der Waals surface area contributed by atoms with Crippen LogP contribution in [0.25, 0.3) is 0 Å². The second-order valence-corrected chi connectivity index (χ2v) is 9.71. The fourth-order valence-electron chi connectivity index (χ4n) is 7.41. The monoisotopic (exact) mass is 332 g/mol. The number of hydrogen-bond donors (Lipinski definition) is 0. The molecule has 24 heavy (non-hydrogen) atoms. The lowest BCUT2D eigenvalue weighted by atomic mass is 9.42. The Bertz CT molecular complexity index is 586. The van der Waals surface area contributed by atoms with Crippen LogP contribution in [0, 0.1) is 28.1 Å². The van der Waals surface area contributed by atoms with E-state index in [9.17, 15) is 4.79 Å². The number of rotatable bonds is 2. The molecule has 2 aliphatic carbocycles. The van der Waals surface area contributed by atoms with Gasteiger partial charge in [-0.1, -0.05) is 26.3 Å². The molecule has 2 bridgehead atoms. The van der Waals surface area contributed by atoms with Gasteiger partial charge < -0.3 is 9.47 Å². The van der Waals surface area contributed by atoms with Gasteiger partial charge in [0.15, 0.2) is 0 Å². The van der Waals surface area contributed by atoms with E-state index in [0.29, 0.717) is 17.9 Å². The maximum Gasteiger partial charge on any atom is 0.311 e. The average Bonchev–Trinajstić information content (AvgIpc) is 3.07. The summed E-state index contributed by atoms with van der Waals surface area (Å²) in [6, 6.07) is 0. The van der Waals surface area contributed by atoms with Gasteiger partial charge in [0, 0.05) is 5.41 Å². The zero-order valence-electron chi connectivity index (χ0n) is 15.7.